The highest BCUT2D eigenvalue weighted by atomic mass is 32.1. The molecule has 0 saturated heterocycles. The Labute approximate surface area is 134 Å². The Morgan fingerprint density at radius 1 is 1.36 bits per heavy atom. The summed E-state index contributed by atoms with van der Waals surface area (Å²) in [7, 11) is 0. The van der Waals surface area contributed by atoms with Crippen LogP contribution in [0, 0.1) is 6.92 Å². The van der Waals surface area contributed by atoms with Crippen LogP contribution in [0.5, 0.6) is 5.75 Å². The van der Waals surface area contributed by atoms with Crippen LogP contribution < -0.4 is 10.2 Å². The Kier molecular flexibility index (Phi) is 5.27. The predicted molar refractivity (Wildman–Crippen MR) is 90.3 cm³/mol. The Hall–Kier alpha value is -2.21. The maximum absolute atomic E-state index is 11.4. The number of carbonyl (C=O) groups excluding carboxylic acids is 1. The van der Waals surface area contributed by atoms with E-state index in [1.54, 1.807) is 6.21 Å². The molecule has 0 aliphatic rings. The van der Waals surface area contributed by atoms with Crippen LogP contribution in [-0.2, 0) is 0 Å². The minimum Gasteiger partial charge on any atom is -0.491 e. The van der Waals surface area contributed by atoms with Gasteiger partial charge in [-0.3, -0.25) is 10.2 Å². The van der Waals surface area contributed by atoms with Crippen molar-refractivity contribution >= 4 is 28.5 Å². The lowest BCUT2D eigenvalue weighted by Crippen LogP contribution is -2.05. The van der Waals surface area contributed by atoms with E-state index in [9.17, 15) is 4.79 Å². The minimum atomic E-state index is 0.0211. The molecule has 1 heterocycles. The van der Waals surface area contributed by atoms with Crippen LogP contribution >= 0.6 is 11.3 Å². The molecular formula is C16H19N3O2S. The number of carbonyl (C=O) groups is 1. The topological polar surface area (TPSA) is 63.6 Å². The third-order valence-corrected chi connectivity index (χ3v) is 3.90. The van der Waals surface area contributed by atoms with Gasteiger partial charge in [0.2, 0.25) is 5.13 Å². The van der Waals surface area contributed by atoms with E-state index in [4.69, 9.17) is 4.74 Å². The number of Topliss-reactive ketones (excluding diaryl/α,β-unsaturated/α-hetero) is 1. The van der Waals surface area contributed by atoms with Gasteiger partial charge in [-0.05, 0) is 50.6 Å². The summed E-state index contributed by atoms with van der Waals surface area (Å²) in [5, 5.41) is 4.75. The standard InChI is InChI=1S/C16H19N3O2S/c1-10(2)21-14-7-5-13(6-8-14)9-17-19-16-18-11(3)15(22-16)12(4)20/h5-10H,1-4H3,(H,18,19)/b17-9-. The lowest BCUT2D eigenvalue weighted by molar-refractivity contribution is 0.102. The Morgan fingerprint density at radius 2 is 2.05 bits per heavy atom. The first kappa shape index (κ1) is 16.2. The van der Waals surface area contributed by atoms with E-state index in [2.05, 4.69) is 15.5 Å². The fourth-order valence-electron chi connectivity index (χ4n) is 1.84. The van der Waals surface area contributed by atoms with Crippen molar-refractivity contribution in [1.29, 1.82) is 0 Å². The molecule has 0 radical (unpaired) electrons. The first-order chi connectivity index (χ1) is 10.5. The summed E-state index contributed by atoms with van der Waals surface area (Å²) < 4.78 is 5.58. The molecule has 0 spiro atoms. The van der Waals surface area contributed by atoms with Crippen molar-refractivity contribution in [3.8, 4) is 5.75 Å². The number of aryl methyl sites for hydroxylation is 1. The number of thiazole rings is 1. The number of nitrogens with zero attached hydrogens (tertiary/aromatic N) is 2. The molecule has 0 unspecified atom stereocenters. The zero-order valence-electron chi connectivity index (χ0n) is 13.1. The Morgan fingerprint density at radius 3 is 2.59 bits per heavy atom. The highest BCUT2D eigenvalue weighted by molar-refractivity contribution is 7.17. The van der Waals surface area contributed by atoms with Crippen LogP contribution in [-0.4, -0.2) is 23.1 Å². The van der Waals surface area contributed by atoms with Crippen LogP contribution in [0.15, 0.2) is 29.4 Å². The smallest absolute Gasteiger partial charge is 0.204 e. The molecule has 0 bridgehead atoms. The molecule has 5 nitrogen and oxygen atoms in total. The van der Waals surface area contributed by atoms with Gasteiger partial charge in [0.25, 0.3) is 0 Å². The van der Waals surface area contributed by atoms with Crippen LogP contribution in [0.2, 0.25) is 0 Å². The van der Waals surface area contributed by atoms with Crippen LogP contribution in [0.4, 0.5) is 5.13 Å². The second kappa shape index (κ2) is 7.17. The van der Waals surface area contributed by atoms with Crippen molar-refractivity contribution in [2.45, 2.75) is 33.8 Å². The van der Waals surface area contributed by atoms with Gasteiger partial charge < -0.3 is 4.74 Å². The van der Waals surface area contributed by atoms with Crippen LogP contribution in [0.3, 0.4) is 0 Å². The summed E-state index contributed by atoms with van der Waals surface area (Å²) >= 11 is 1.31. The number of nitrogens with one attached hydrogen (secondary N) is 1. The van der Waals surface area contributed by atoms with Gasteiger partial charge in [0, 0.05) is 6.92 Å². The molecule has 1 N–H and O–H groups in total. The van der Waals surface area contributed by atoms with Gasteiger partial charge in [-0.2, -0.15) is 5.10 Å². The van der Waals surface area contributed by atoms with Gasteiger partial charge in [0.05, 0.1) is 22.9 Å². The minimum absolute atomic E-state index is 0.0211. The molecule has 116 valence electrons. The normalized spacial score (nSPS) is 11.1. The van der Waals surface area contributed by atoms with Crippen molar-refractivity contribution in [3.05, 3.63) is 40.4 Å². The number of hydrogen-bond acceptors (Lipinski definition) is 6. The highest BCUT2D eigenvalue weighted by Crippen LogP contribution is 2.22. The predicted octanol–water partition coefficient (Wildman–Crippen LogP) is 3.89. The highest BCUT2D eigenvalue weighted by Gasteiger charge is 2.10. The van der Waals surface area contributed by atoms with Crippen LogP contribution in [0.25, 0.3) is 0 Å². The average molecular weight is 317 g/mol. The number of hydrogen-bond donors (Lipinski definition) is 1. The van der Waals surface area contributed by atoms with E-state index in [0.717, 1.165) is 17.0 Å². The van der Waals surface area contributed by atoms with Crippen LogP contribution in [0.1, 0.15) is 41.7 Å². The summed E-state index contributed by atoms with van der Waals surface area (Å²) in [6.45, 7) is 7.33. The van der Waals surface area contributed by atoms with Crippen molar-refractivity contribution in [2.75, 3.05) is 5.43 Å². The number of rotatable bonds is 6. The summed E-state index contributed by atoms with van der Waals surface area (Å²) in [4.78, 5) is 16.3. The molecule has 22 heavy (non-hydrogen) atoms. The zero-order chi connectivity index (χ0) is 16.1. The Balaban J connectivity index is 1.97. The third kappa shape index (κ3) is 4.39. The number of ketones is 1. The number of hydrazone groups is 1. The molecule has 2 rings (SSSR count). The zero-order valence-corrected chi connectivity index (χ0v) is 13.9. The average Bonchev–Trinajstić information content (AvgIpc) is 2.81. The molecular weight excluding hydrogens is 298 g/mol. The summed E-state index contributed by atoms with van der Waals surface area (Å²) in [6.07, 6.45) is 1.85. The summed E-state index contributed by atoms with van der Waals surface area (Å²) in [5.74, 6) is 0.856. The van der Waals surface area contributed by atoms with Crippen molar-refractivity contribution in [1.82, 2.24) is 4.98 Å². The maximum atomic E-state index is 11.4. The fraction of sp³-hybridized carbons (Fsp3) is 0.312. The maximum Gasteiger partial charge on any atom is 0.204 e. The first-order valence-electron chi connectivity index (χ1n) is 7.00. The van der Waals surface area contributed by atoms with Gasteiger partial charge in [-0.25, -0.2) is 4.98 Å². The third-order valence-electron chi connectivity index (χ3n) is 2.74. The molecule has 0 saturated carbocycles. The molecule has 0 atom stereocenters. The summed E-state index contributed by atoms with van der Waals surface area (Å²) in [6, 6.07) is 7.67. The van der Waals surface area contributed by atoms with Gasteiger partial charge in [0.15, 0.2) is 5.78 Å². The fourth-order valence-corrected chi connectivity index (χ4v) is 2.65. The molecule has 0 fully saturated rings. The first-order valence-corrected chi connectivity index (χ1v) is 7.81. The van der Waals surface area contributed by atoms with Crippen molar-refractivity contribution in [2.24, 2.45) is 5.10 Å². The van der Waals surface area contributed by atoms with Crippen molar-refractivity contribution in [3.63, 3.8) is 0 Å². The SMILES string of the molecule is CC(=O)c1sc(N/N=C\c2ccc(OC(C)C)cc2)nc1C. The van der Waals surface area contributed by atoms with E-state index >= 15 is 0 Å². The largest absolute Gasteiger partial charge is 0.491 e. The molecule has 1 aromatic carbocycles. The van der Waals surface area contributed by atoms with Gasteiger partial charge >= 0.3 is 0 Å². The van der Waals surface area contributed by atoms with Gasteiger partial charge in [0.1, 0.15) is 5.75 Å². The molecule has 1 aromatic heterocycles. The van der Waals surface area contributed by atoms with E-state index in [1.165, 1.54) is 18.3 Å². The molecule has 6 heteroatoms. The molecule has 0 aliphatic carbocycles. The van der Waals surface area contributed by atoms with Gasteiger partial charge in [-0.1, -0.05) is 11.3 Å². The second-order valence-corrected chi connectivity index (χ2v) is 6.09. The summed E-state index contributed by atoms with van der Waals surface area (Å²) in [5.41, 5.74) is 4.52. The van der Waals surface area contributed by atoms with E-state index in [-0.39, 0.29) is 11.9 Å². The number of anilines is 1. The monoisotopic (exact) mass is 317 g/mol. The van der Waals surface area contributed by atoms with Crippen molar-refractivity contribution < 1.29 is 9.53 Å². The van der Waals surface area contributed by atoms with E-state index < -0.39 is 0 Å². The molecule has 2 aromatic rings. The lowest BCUT2D eigenvalue weighted by Gasteiger charge is -2.08. The number of ether oxygens (including phenoxy) is 1. The second-order valence-electron chi connectivity index (χ2n) is 5.10. The molecule has 0 aliphatic heterocycles. The quantitative estimate of drug-likeness (QED) is 0.499. The van der Waals surface area contributed by atoms with E-state index in [1.807, 2.05) is 45.0 Å². The van der Waals surface area contributed by atoms with Gasteiger partial charge in [-0.15, -0.1) is 0 Å². The number of benzene rings is 1. The Bertz CT molecular complexity index is 675. The number of aromatic nitrogens is 1. The molecule has 0 amide bonds. The lowest BCUT2D eigenvalue weighted by atomic mass is 10.2. The van der Waals surface area contributed by atoms with E-state index in [0.29, 0.717) is 10.0 Å².